The summed E-state index contributed by atoms with van der Waals surface area (Å²) < 4.78 is 19.6. The van der Waals surface area contributed by atoms with Gasteiger partial charge in [0.15, 0.2) is 11.6 Å². The van der Waals surface area contributed by atoms with Crippen molar-refractivity contribution in [2.24, 2.45) is 0 Å². The van der Waals surface area contributed by atoms with Crippen molar-refractivity contribution >= 4 is 11.7 Å². The molecule has 0 aliphatic rings. The predicted molar refractivity (Wildman–Crippen MR) is 84.8 cm³/mol. The van der Waals surface area contributed by atoms with Crippen molar-refractivity contribution in [2.45, 2.75) is 6.92 Å². The molecule has 0 saturated carbocycles. The summed E-state index contributed by atoms with van der Waals surface area (Å²) >= 11 is 0. The fourth-order valence-electron chi connectivity index (χ4n) is 2.13. The SMILES string of the molecule is COc1cccnc1NC(=O)c1nc(C)n(-c2ccc(F)cc2)n1. The first-order valence-electron chi connectivity index (χ1n) is 7.08. The van der Waals surface area contributed by atoms with Gasteiger partial charge in [0, 0.05) is 6.20 Å². The first kappa shape index (κ1) is 15.6. The second-order valence-corrected chi connectivity index (χ2v) is 4.88. The van der Waals surface area contributed by atoms with Gasteiger partial charge in [-0.05, 0) is 43.3 Å². The van der Waals surface area contributed by atoms with Crippen LogP contribution in [0.5, 0.6) is 5.75 Å². The summed E-state index contributed by atoms with van der Waals surface area (Å²) in [4.78, 5) is 20.5. The molecule has 8 heteroatoms. The number of ether oxygens (including phenoxy) is 1. The molecule has 1 aromatic carbocycles. The topological polar surface area (TPSA) is 81.9 Å². The molecule has 0 spiro atoms. The molecule has 3 rings (SSSR count). The van der Waals surface area contributed by atoms with Crippen molar-refractivity contribution in [2.75, 3.05) is 12.4 Å². The largest absolute Gasteiger partial charge is 0.493 e. The lowest BCUT2D eigenvalue weighted by atomic mass is 10.3. The number of hydrogen-bond donors (Lipinski definition) is 1. The first-order valence-corrected chi connectivity index (χ1v) is 7.08. The van der Waals surface area contributed by atoms with Crippen LogP contribution in [0.15, 0.2) is 42.6 Å². The predicted octanol–water partition coefficient (Wildman–Crippen LogP) is 2.37. The molecule has 1 N–H and O–H groups in total. The van der Waals surface area contributed by atoms with Crippen LogP contribution in [-0.4, -0.2) is 32.8 Å². The van der Waals surface area contributed by atoms with E-state index in [-0.39, 0.29) is 17.5 Å². The summed E-state index contributed by atoms with van der Waals surface area (Å²) in [5, 5.41) is 6.77. The lowest BCUT2D eigenvalue weighted by Crippen LogP contribution is -2.15. The lowest BCUT2D eigenvalue weighted by Gasteiger charge is -2.06. The minimum atomic E-state index is -0.518. The van der Waals surface area contributed by atoms with Gasteiger partial charge in [0.1, 0.15) is 11.6 Å². The Labute approximate surface area is 137 Å². The molecule has 0 bridgehead atoms. The number of methoxy groups -OCH3 is 1. The number of rotatable bonds is 4. The zero-order chi connectivity index (χ0) is 17.1. The molecule has 122 valence electrons. The number of halogens is 1. The van der Waals surface area contributed by atoms with Crippen molar-refractivity contribution in [3.63, 3.8) is 0 Å². The van der Waals surface area contributed by atoms with Gasteiger partial charge in [0.05, 0.1) is 12.8 Å². The molecule has 24 heavy (non-hydrogen) atoms. The summed E-state index contributed by atoms with van der Waals surface area (Å²) in [6.07, 6.45) is 1.54. The highest BCUT2D eigenvalue weighted by molar-refractivity contribution is 6.01. The summed E-state index contributed by atoms with van der Waals surface area (Å²) in [5.41, 5.74) is 0.607. The second kappa shape index (κ2) is 6.45. The maximum absolute atomic E-state index is 13.0. The van der Waals surface area contributed by atoms with E-state index in [4.69, 9.17) is 4.74 Å². The van der Waals surface area contributed by atoms with E-state index in [0.717, 1.165) is 0 Å². The highest BCUT2D eigenvalue weighted by Crippen LogP contribution is 2.20. The first-order chi connectivity index (χ1) is 11.6. The Bertz CT molecular complexity index is 876. The van der Waals surface area contributed by atoms with E-state index < -0.39 is 5.91 Å². The molecule has 2 aromatic heterocycles. The van der Waals surface area contributed by atoms with Gasteiger partial charge in [-0.1, -0.05) is 0 Å². The highest BCUT2D eigenvalue weighted by atomic mass is 19.1. The van der Waals surface area contributed by atoms with Crippen LogP contribution in [0.4, 0.5) is 10.2 Å². The summed E-state index contributed by atoms with van der Waals surface area (Å²) in [5.74, 6) is 0.318. The number of hydrogen-bond acceptors (Lipinski definition) is 5. The Morgan fingerprint density at radius 2 is 2.00 bits per heavy atom. The van der Waals surface area contributed by atoms with E-state index in [1.807, 2.05) is 0 Å². The van der Waals surface area contributed by atoms with E-state index in [2.05, 4.69) is 20.4 Å². The average Bonchev–Trinajstić information content (AvgIpc) is 2.98. The van der Waals surface area contributed by atoms with Crippen LogP contribution in [0.25, 0.3) is 5.69 Å². The number of nitrogens with one attached hydrogen (secondary N) is 1. The fraction of sp³-hybridized carbons (Fsp3) is 0.125. The third-order valence-corrected chi connectivity index (χ3v) is 3.27. The summed E-state index contributed by atoms with van der Waals surface area (Å²) in [7, 11) is 1.48. The number of carbonyl (C=O) groups excluding carboxylic acids is 1. The molecule has 1 amide bonds. The van der Waals surface area contributed by atoms with Crippen LogP contribution in [-0.2, 0) is 0 Å². The molecule has 0 radical (unpaired) electrons. The van der Waals surface area contributed by atoms with Gasteiger partial charge in [0.25, 0.3) is 5.91 Å². The monoisotopic (exact) mass is 327 g/mol. The standard InChI is InChI=1S/C16H14FN5O2/c1-10-19-15(21-22(10)12-7-5-11(17)6-8-12)16(23)20-14-13(24-2)4-3-9-18-14/h3-9H,1-2H3,(H,18,20,23). The number of nitrogens with zero attached hydrogens (tertiary/aromatic N) is 4. The number of carbonyl (C=O) groups is 1. The molecular weight excluding hydrogens is 313 g/mol. The highest BCUT2D eigenvalue weighted by Gasteiger charge is 2.17. The third kappa shape index (κ3) is 3.07. The van der Waals surface area contributed by atoms with Crippen LogP contribution in [0.1, 0.15) is 16.4 Å². The van der Waals surface area contributed by atoms with Crippen molar-refractivity contribution in [1.29, 1.82) is 0 Å². The number of anilines is 1. The minimum Gasteiger partial charge on any atom is -0.493 e. The molecule has 0 aliphatic carbocycles. The smallest absolute Gasteiger partial charge is 0.296 e. The number of aromatic nitrogens is 4. The van der Waals surface area contributed by atoms with Gasteiger partial charge >= 0.3 is 0 Å². The Morgan fingerprint density at radius 3 is 2.71 bits per heavy atom. The Morgan fingerprint density at radius 1 is 1.25 bits per heavy atom. The van der Waals surface area contributed by atoms with Crippen LogP contribution >= 0.6 is 0 Å². The number of amides is 1. The molecule has 0 fully saturated rings. The maximum Gasteiger partial charge on any atom is 0.296 e. The Kier molecular flexibility index (Phi) is 4.19. The summed E-state index contributed by atoms with van der Waals surface area (Å²) in [6.45, 7) is 1.70. The maximum atomic E-state index is 13.0. The van der Waals surface area contributed by atoms with E-state index >= 15 is 0 Å². The molecule has 0 unspecified atom stereocenters. The molecule has 2 heterocycles. The third-order valence-electron chi connectivity index (χ3n) is 3.27. The van der Waals surface area contributed by atoms with Gasteiger partial charge in [-0.2, -0.15) is 0 Å². The van der Waals surface area contributed by atoms with E-state index in [1.54, 1.807) is 31.2 Å². The molecule has 0 aliphatic heterocycles. The molecule has 0 saturated heterocycles. The molecule has 7 nitrogen and oxygen atoms in total. The van der Waals surface area contributed by atoms with Crippen LogP contribution in [0.2, 0.25) is 0 Å². The van der Waals surface area contributed by atoms with Crippen LogP contribution < -0.4 is 10.1 Å². The van der Waals surface area contributed by atoms with Crippen molar-refractivity contribution in [3.8, 4) is 11.4 Å². The van der Waals surface area contributed by atoms with Crippen LogP contribution in [0.3, 0.4) is 0 Å². The van der Waals surface area contributed by atoms with Gasteiger partial charge in [-0.25, -0.2) is 19.0 Å². The van der Waals surface area contributed by atoms with Gasteiger partial charge < -0.3 is 10.1 Å². The van der Waals surface area contributed by atoms with Gasteiger partial charge in [-0.15, -0.1) is 5.10 Å². The van der Waals surface area contributed by atoms with Crippen molar-refractivity contribution < 1.29 is 13.9 Å². The number of pyridine rings is 1. The number of benzene rings is 1. The fourth-order valence-corrected chi connectivity index (χ4v) is 2.13. The molecule has 3 aromatic rings. The van der Waals surface area contributed by atoms with E-state index in [9.17, 15) is 9.18 Å². The van der Waals surface area contributed by atoms with Crippen LogP contribution in [0, 0.1) is 12.7 Å². The van der Waals surface area contributed by atoms with Gasteiger partial charge in [0.2, 0.25) is 5.82 Å². The molecular formula is C16H14FN5O2. The van der Waals surface area contributed by atoms with Crippen molar-refractivity contribution in [3.05, 3.63) is 60.1 Å². The normalized spacial score (nSPS) is 10.5. The quantitative estimate of drug-likeness (QED) is 0.795. The second-order valence-electron chi connectivity index (χ2n) is 4.88. The summed E-state index contributed by atoms with van der Waals surface area (Å²) in [6, 6.07) is 9.11. The zero-order valence-electron chi connectivity index (χ0n) is 13.0. The average molecular weight is 327 g/mol. The van der Waals surface area contributed by atoms with E-state index in [0.29, 0.717) is 17.3 Å². The van der Waals surface area contributed by atoms with E-state index in [1.165, 1.54) is 30.1 Å². The Balaban J connectivity index is 1.86. The van der Waals surface area contributed by atoms with Crippen molar-refractivity contribution in [1.82, 2.24) is 19.7 Å². The Hall–Kier alpha value is -3.29. The number of aryl methyl sites for hydroxylation is 1. The molecule has 0 atom stereocenters. The minimum absolute atomic E-state index is 0.0236. The van der Waals surface area contributed by atoms with Gasteiger partial charge in [-0.3, -0.25) is 4.79 Å². The zero-order valence-corrected chi connectivity index (χ0v) is 13.0. The lowest BCUT2D eigenvalue weighted by molar-refractivity contribution is 0.101.